The number of H-pyrrole nitrogens is 1. The molecule has 0 bridgehead atoms. The van der Waals surface area contributed by atoms with Gasteiger partial charge in [-0.2, -0.15) is 0 Å². The lowest BCUT2D eigenvalue weighted by Gasteiger charge is -2.00. The van der Waals surface area contributed by atoms with Crippen molar-refractivity contribution < 1.29 is 4.79 Å². The number of amides is 1. The van der Waals surface area contributed by atoms with Crippen LogP contribution in [0.5, 0.6) is 0 Å². The summed E-state index contributed by atoms with van der Waals surface area (Å²) in [7, 11) is 0. The highest BCUT2D eigenvalue weighted by Crippen LogP contribution is 2.24. The lowest BCUT2D eigenvalue weighted by atomic mass is 10.1. The highest BCUT2D eigenvalue weighted by atomic mass is 32.1. The van der Waals surface area contributed by atoms with E-state index < -0.39 is 5.91 Å². The molecular weight excluding hydrogens is 260 g/mol. The molecule has 0 unspecified atom stereocenters. The maximum absolute atomic E-state index is 11.7. The number of benzene rings is 1. The van der Waals surface area contributed by atoms with E-state index in [9.17, 15) is 4.79 Å². The first-order valence-electron chi connectivity index (χ1n) is 5.58. The number of carbonyl (C=O) groups is 1. The minimum absolute atomic E-state index is 0.181. The third-order valence-electron chi connectivity index (χ3n) is 2.85. The average Bonchev–Trinajstić information content (AvgIpc) is 3.04. The summed E-state index contributed by atoms with van der Waals surface area (Å²) < 4.78 is 0. The zero-order valence-corrected chi connectivity index (χ0v) is 10.6. The summed E-state index contributed by atoms with van der Waals surface area (Å²) in [6, 6.07) is 7.35. The molecule has 0 aliphatic heterocycles. The van der Waals surface area contributed by atoms with Crippen molar-refractivity contribution in [2.24, 2.45) is 5.73 Å². The number of fused-ring (bicyclic) bond motifs is 1. The summed E-state index contributed by atoms with van der Waals surface area (Å²) in [6.07, 6.45) is 1.63. The smallest absolute Gasteiger partial charge is 0.251 e. The highest BCUT2D eigenvalue weighted by molar-refractivity contribution is 7.11. The zero-order valence-electron chi connectivity index (χ0n) is 9.81. The van der Waals surface area contributed by atoms with Crippen LogP contribution in [0.1, 0.15) is 21.1 Å². The SMILES string of the molecule is N=C(c1nccs1)c1[nH]c2ccccc2c1C(N)=O. The molecule has 2 heterocycles. The molecule has 4 N–H and O–H groups in total. The van der Waals surface area contributed by atoms with Crippen molar-refractivity contribution in [2.75, 3.05) is 0 Å². The minimum atomic E-state index is -0.547. The van der Waals surface area contributed by atoms with Crippen molar-refractivity contribution in [1.29, 1.82) is 5.41 Å². The first-order valence-corrected chi connectivity index (χ1v) is 6.45. The summed E-state index contributed by atoms with van der Waals surface area (Å²) in [5.74, 6) is -0.547. The Morgan fingerprint density at radius 1 is 1.37 bits per heavy atom. The molecule has 0 saturated heterocycles. The van der Waals surface area contributed by atoms with Gasteiger partial charge in [0.1, 0.15) is 10.7 Å². The van der Waals surface area contributed by atoms with Crippen LogP contribution in [0.15, 0.2) is 35.8 Å². The third-order valence-corrected chi connectivity index (χ3v) is 3.64. The molecule has 0 aliphatic rings. The summed E-state index contributed by atoms with van der Waals surface area (Å²) in [5.41, 5.74) is 7.17. The van der Waals surface area contributed by atoms with Crippen molar-refractivity contribution in [3.8, 4) is 0 Å². The van der Waals surface area contributed by atoms with Crippen LogP contribution in [-0.2, 0) is 0 Å². The van der Waals surface area contributed by atoms with Gasteiger partial charge in [0.05, 0.1) is 11.3 Å². The van der Waals surface area contributed by atoms with Gasteiger partial charge >= 0.3 is 0 Å². The highest BCUT2D eigenvalue weighted by Gasteiger charge is 2.20. The van der Waals surface area contributed by atoms with Crippen LogP contribution in [0.4, 0.5) is 0 Å². The number of carbonyl (C=O) groups excluding carboxylic acids is 1. The number of aromatic nitrogens is 2. The summed E-state index contributed by atoms with van der Waals surface area (Å²) >= 11 is 1.35. The van der Waals surface area contributed by atoms with E-state index in [1.54, 1.807) is 11.6 Å². The average molecular weight is 270 g/mol. The molecule has 94 valence electrons. The van der Waals surface area contributed by atoms with Gasteiger partial charge in [0.25, 0.3) is 5.91 Å². The van der Waals surface area contributed by atoms with Crippen LogP contribution < -0.4 is 5.73 Å². The number of nitrogens with two attached hydrogens (primary N) is 1. The number of para-hydroxylation sites is 1. The first-order chi connectivity index (χ1) is 9.18. The van der Waals surface area contributed by atoms with E-state index in [2.05, 4.69) is 9.97 Å². The lowest BCUT2D eigenvalue weighted by molar-refractivity contribution is 0.100. The fraction of sp³-hybridized carbons (Fsp3) is 0. The van der Waals surface area contributed by atoms with Crippen LogP contribution in [0.25, 0.3) is 10.9 Å². The normalized spacial score (nSPS) is 10.7. The quantitative estimate of drug-likeness (QED) is 0.636. The van der Waals surface area contributed by atoms with E-state index in [0.29, 0.717) is 16.3 Å². The number of hydrogen-bond acceptors (Lipinski definition) is 4. The van der Waals surface area contributed by atoms with Gasteiger partial charge in [0, 0.05) is 22.5 Å². The van der Waals surface area contributed by atoms with Crippen molar-refractivity contribution in [1.82, 2.24) is 9.97 Å². The van der Waals surface area contributed by atoms with Crippen LogP contribution in [0.2, 0.25) is 0 Å². The molecule has 0 saturated carbocycles. The van der Waals surface area contributed by atoms with Crippen molar-refractivity contribution in [3.05, 3.63) is 52.1 Å². The van der Waals surface area contributed by atoms with Gasteiger partial charge < -0.3 is 10.7 Å². The van der Waals surface area contributed by atoms with Crippen molar-refractivity contribution in [3.63, 3.8) is 0 Å². The van der Waals surface area contributed by atoms with Crippen LogP contribution in [-0.4, -0.2) is 21.6 Å². The van der Waals surface area contributed by atoms with Crippen LogP contribution in [0, 0.1) is 5.41 Å². The van der Waals surface area contributed by atoms with Gasteiger partial charge in [0.2, 0.25) is 0 Å². The van der Waals surface area contributed by atoms with Crippen molar-refractivity contribution in [2.45, 2.75) is 0 Å². The third kappa shape index (κ3) is 1.82. The predicted octanol–water partition coefficient (Wildman–Crippen LogP) is 2.14. The van der Waals surface area contributed by atoms with Crippen LogP contribution in [0.3, 0.4) is 0 Å². The largest absolute Gasteiger partial charge is 0.366 e. The van der Waals surface area contributed by atoms with Gasteiger partial charge in [0.15, 0.2) is 0 Å². The number of hydrogen-bond donors (Lipinski definition) is 3. The molecule has 0 atom stereocenters. The number of aromatic amines is 1. The number of primary amides is 1. The van der Waals surface area contributed by atoms with Gasteiger partial charge in [-0.3, -0.25) is 10.2 Å². The molecule has 0 radical (unpaired) electrons. The molecule has 0 aliphatic carbocycles. The molecule has 1 amide bonds. The summed E-state index contributed by atoms with van der Waals surface area (Å²) in [5, 5.41) is 11.2. The number of nitrogens with zero attached hydrogens (tertiary/aromatic N) is 1. The number of nitrogens with one attached hydrogen (secondary N) is 2. The molecule has 3 rings (SSSR count). The Hall–Kier alpha value is -2.47. The lowest BCUT2D eigenvalue weighted by Crippen LogP contribution is -2.16. The second-order valence-corrected chi connectivity index (χ2v) is 4.89. The van der Waals surface area contributed by atoms with E-state index in [1.807, 2.05) is 24.3 Å². The van der Waals surface area contributed by atoms with E-state index >= 15 is 0 Å². The van der Waals surface area contributed by atoms with Gasteiger partial charge in [-0.25, -0.2) is 4.98 Å². The summed E-state index contributed by atoms with van der Waals surface area (Å²) in [6.45, 7) is 0. The van der Waals surface area contributed by atoms with Gasteiger partial charge in [-0.1, -0.05) is 18.2 Å². The van der Waals surface area contributed by atoms with Gasteiger partial charge in [-0.05, 0) is 6.07 Å². The molecule has 19 heavy (non-hydrogen) atoms. The maximum atomic E-state index is 11.7. The molecule has 3 aromatic rings. The Morgan fingerprint density at radius 3 is 2.84 bits per heavy atom. The Labute approximate surface area is 112 Å². The number of rotatable bonds is 3. The predicted molar refractivity (Wildman–Crippen MR) is 74.9 cm³/mol. The monoisotopic (exact) mass is 270 g/mol. The Morgan fingerprint density at radius 2 is 2.16 bits per heavy atom. The maximum Gasteiger partial charge on any atom is 0.251 e. The van der Waals surface area contributed by atoms with E-state index in [0.717, 1.165) is 10.9 Å². The Kier molecular flexibility index (Phi) is 2.64. The topological polar surface area (TPSA) is 95.6 Å². The Balaban J connectivity index is 2.26. The van der Waals surface area contributed by atoms with Gasteiger partial charge in [-0.15, -0.1) is 11.3 Å². The zero-order chi connectivity index (χ0) is 13.4. The fourth-order valence-corrected chi connectivity index (χ4v) is 2.63. The molecule has 2 aromatic heterocycles. The summed E-state index contributed by atoms with van der Waals surface area (Å²) in [4.78, 5) is 18.8. The van der Waals surface area contributed by atoms with E-state index in [-0.39, 0.29) is 5.71 Å². The second-order valence-electron chi connectivity index (χ2n) is 4.00. The van der Waals surface area contributed by atoms with E-state index in [4.69, 9.17) is 11.1 Å². The molecule has 0 fully saturated rings. The molecule has 5 nitrogen and oxygen atoms in total. The molecule has 1 aromatic carbocycles. The van der Waals surface area contributed by atoms with Crippen LogP contribution >= 0.6 is 11.3 Å². The molecule has 0 spiro atoms. The molecular formula is C13H10N4OS. The van der Waals surface area contributed by atoms with Crippen molar-refractivity contribution >= 4 is 33.9 Å². The standard InChI is InChI=1S/C13H10N4OS/c14-10(13-16-5-6-19-13)11-9(12(15)18)7-3-1-2-4-8(7)17-11/h1-6,14,17H,(H2,15,18). The number of thiazole rings is 1. The molecule has 6 heteroatoms. The fourth-order valence-electron chi connectivity index (χ4n) is 2.04. The first kappa shape index (κ1) is 11.6. The minimum Gasteiger partial charge on any atom is -0.366 e. The second kappa shape index (κ2) is 4.33. The Bertz CT molecular complexity index is 773. The van der Waals surface area contributed by atoms with E-state index in [1.165, 1.54) is 11.3 Å².